The maximum atomic E-state index is 4.20. The van der Waals surface area contributed by atoms with Gasteiger partial charge in [0.25, 0.3) is 0 Å². The Labute approximate surface area is 91.2 Å². The zero-order valence-electron chi connectivity index (χ0n) is 9.08. The summed E-state index contributed by atoms with van der Waals surface area (Å²) in [6.45, 7) is 2.27. The maximum Gasteiger partial charge on any atom is 0.0696 e. The molecule has 0 unspecified atom stereocenters. The van der Waals surface area contributed by atoms with E-state index in [1.165, 1.54) is 67.3 Å². The lowest BCUT2D eigenvalue weighted by Crippen LogP contribution is -1.81. The van der Waals surface area contributed by atoms with Gasteiger partial charge in [0.2, 0.25) is 0 Å². The largest absolute Gasteiger partial charge is 0.230 e. The fraction of sp³-hybridized carbons (Fsp3) is 0.818. The molecular formula is C11H20NP2. The molecule has 0 amide bonds. The van der Waals surface area contributed by atoms with Crippen LogP contribution in [0.3, 0.4) is 0 Å². The Hall–Kier alpha value is 0.140. The molecule has 14 heavy (non-hydrogen) atoms. The summed E-state index contributed by atoms with van der Waals surface area (Å²) in [7, 11) is 2.66. The van der Waals surface area contributed by atoms with E-state index < -0.39 is 0 Å². The second-order valence-corrected chi connectivity index (χ2v) is 6.12. The van der Waals surface area contributed by atoms with Crippen LogP contribution < -0.4 is 5.09 Å². The molecule has 79 valence electrons. The second kappa shape index (κ2) is 8.45. The lowest BCUT2D eigenvalue weighted by molar-refractivity contribution is 0.591. The molecule has 0 atom stereocenters. The van der Waals surface area contributed by atoms with Gasteiger partial charge >= 0.3 is 0 Å². The van der Waals surface area contributed by atoms with Crippen molar-refractivity contribution in [3.05, 3.63) is 11.5 Å². The average Bonchev–Trinajstić information content (AvgIpc) is 2.69. The summed E-state index contributed by atoms with van der Waals surface area (Å²) in [6, 6.07) is 0. The molecule has 1 radical (unpaired) electrons. The molecule has 1 rings (SSSR count). The molecule has 1 heterocycles. The predicted molar refractivity (Wildman–Crippen MR) is 66.7 cm³/mol. The van der Waals surface area contributed by atoms with E-state index in [1.54, 1.807) is 5.31 Å². The molecule has 0 aromatic heterocycles. The SMILES string of the molecule is CCCCCCCCCC1=C[N]P=P1. The number of allylic oxidation sites excluding steroid dienone is 1. The van der Waals surface area contributed by atoms with Gasteiger partial charge in [0.15, 0.2) is 0 Å². The van der Waals surface area contributed by atoms with Crippen LogP contribution in [0.2, 0.25) is 0 Å². The summed E-state index contributed by atoms with van der Waals surface area (Å²) in [6.07, 6.45) is 13.2. The first-order chi connectivity index (χ1) is 6.93. The molecule has 0 aromatic rings. The Morgan fingerprint density at radius 3 is 2.43 bits per heavy atom. The van der Waals surface area contributed by atoms with E-state index in [-0.39, 0.29) is 0 Å². The van der Waals surface area contributed by atoms with Gasteiger partial charge < -0.3 is 0 Å². The normalized spacial score (nSPS) is 16.5. The highest BCUT2D eigenvalue weighted by molar-refractivity contribution is 7.85. The monoisotopic (exact) mass is 228 g/mol. The van der Waals surface area contributed by atoms with Crippen molar-refractivity contribution in [3.63, 3.8) is 0 Å². The van der Waals surface area contributed by atoms with Gasteiger partial charge in [-0.25, -0.2) is 5.09 Å². The quantitative estimate of drug-likeness (QED) is 0.395. The van der Waals surface area contributed by atoms with E-state index in [4.69, 9.17) is 0 Å². The minimum absolute atomic E-state index is 1.23. The maximum absolute atomic E-state index is 4.20. The number of hydrogen-bond donors (Lipinski definition) is 0. The summed E-state index contributed by atoms with van der Waals surface area (Å²) < 4.78 is 0. The molecule has 0 bridgehead atoms. The molecular weight excluding hydrogens is 208 g/mol. The fourth-order valence-electron chi connectivity index (χ4n) is 1.58. The van der Waals surface area contributed by atoms with Crippen LogP contribution in [-0.4, -0.2) is 0 Å². The number of nitrogens with zero attached hydrogens (tertiary/aromatic N) is 1. The first-order valence-electron chi connectivity index (χ1n) is 5.73. The highest BCUT2D eigenvalue weighted by Crippen LogP contribution is 2.33. The third-order valence-corrected chi connectivity index (χ3v) is 4.72. The van der Waals surface area contributed by atoms with Gasteiger partial charge in [0, 0.05) is 11.5 Å². The van der Waals surface area contributed by atoms with Crippen LogP contribution in [0, 0.1) is 0 Å². The van der Waals surface area contributed by atoms with E-state index >= 15 is 0 Å². The van der Waals surface area contributed by atoms with Crippen molar-refractivity contribution in [2.24, 2.45) is 0 Å². The van der Waals surface area contributed by atoms with Gasteiger partial charge in [-0.2, -0.15) is 0 Å². The van der Waals surface area contributed by atoms with Gasteiger partial charge in [0.05, 0.1) is 8.02 Å². The third-order valence-electron chi connectivity index (χ3n) is 2.47. The topological polar surface area (TPSA) is 14.1 Å². The Morgan fingerprint density at radius 2 is 1.79 bits per heavy atom. The van der Waals surface area contributed by atoms with Crippen molar-refractivity contribution in [1.29, 1.82) is 0 Å². The van der Waals surface area contributed by atoms with E-state index in [0.717, 1.165) is 0 Å². The van der Waals surface area contributed by atoms with Gasteiger partial charge in [-0.3, -0.25) is 0 Å². The summed E-state index contributed by atoms with van der Waals surface area (Å²) in [5.74, 6) is 0. The Balaban J connectivity index is 1.82. The fourth-order valence-corrected chi connectivity index (χ4v) is 3.50. The zero-order valence-corrected chi connectivity index (χ0v) is 10.9. The van der Waals surface area contributed by atoms with Crippen molar-refractivity contribution in [2.45, 2.75) is 58.3 Å². The molecule has 0 aromatic carbocycles. The molecule has 3 heteroatoms. The Morgan fingerprint density at radius 1 is 1.07 bits per heavy atom. The highest BCUT2D eigenvalue weighted by atomic mass is 31.7. The molecule has 0 aliphatic carbocycles. The van der Waals surface area contributed by atoms with Crippen LogP contribution in [-0.2, 0) is 0 Å². The molecule has 0 N–H and O–H groups in total. The highest BCUT2D eigenvalue weighted by Gasteiger charge is 1.99. The minimum Gasteiger partial charge on any atom is -0.230 e. The van der Waals surface area contributed by atoms with Crippen molar-refractivity contribution in [1.82, 2.24) is 5.09 Å². The van der Waals surface area contributed by atoms with Gasteiger partial charge in [0.1, 0.15) is 0 Å². The predicted octanol–water partition coefficient (Wildman–Crippen LogP) is 5.31. The molecule has 1 nitrogen and oxygen atoms in total. The first-order valence-corrected chi connectivity index (χ1v) is 8.18. The van der Waals surface area contributed by atoms with Crippen molar-refractivity contribution in [3.8, 4) is 0 Å². The van der Waals surface area contributed by atoms with E-state index in [9.17, 15) is 0 Å². The lowest BCUT2D eigenvalue weighted by Gasteiger charge is -2.00. The van der Waals surface area contributed by atoms with Crippen molar-refractivity contribution < 1.29 is 0 Å². The lowest BCUT2D eigenvalue weighted by atomic mass is 10.1. The Bertz CT molecular complexity index is 199. The van der Waals surface area contributed by atoms with Crippen LogP contribution in [0.1, 0.15) is 58.3 Å². The average molecular weight is 228 g/mol. The number of unbranched alkanes of at least 4 members (excludes halogenated alkanes) is 6. The van der Waals surface area contributed by atoms with Crippen LogP contribution >= 0.6 is 15.9 Å². The van der Waals surface area contributed by atoms with Crippen LogP contribution in [0.5, 0.6) is 0 Å². The molecule has 1 aliphatic rings. The van der Waals surface area contributed by atoms with Crippen LogP contribution in [0.15, 0.2) is 11.5 Å². The molecule has 0 saturated heterocycles. The first kappa shape index (κ1) is 12.2. The summed E-state index contributed by atoms with van der Waals surface area (Å²) in [5.41, 5.74) is 0. The summed E-state index contributed by atoms with van der Waals surface area (Å²) >= 11 is 0. The second-order valence-electron chi connectivity index (χ2n) is 3.80. The standard InChI is InChI=1S/C11H20NP2/c1-2-3-4-5-6-7-8-9-11-10-12-14-13-11/h10H,2-9H2,1H3. The van der Waals surface area contributed by atoms with Crippen LogP contribution in [0.4, 0.5) is 0 Å². The summed E-state index contributed by atoms with van der Waals surface area (Å²) in [4.78, 5) is 0. The molecule has 0 spiro atoms. The zero-order chi connectivity index (χ0) is 10.1. The van der Waals surface area contributed by atoms with E-state index in [2.05, 4.69) is 18.2 Å². The molecule has 0 saturated carbocycles. The van der Waals surface area contributed by atoms with Crippen molar-refractivity contribution >= 4 is 15.9 Å². The van der Waals surface area contributed by atoms with E-state index in [0.29, 0.717) is 0 Å². The summed E-state index contributed by atoms with van der Waals surface area (Å²) in [5, 5.41) is 5.74. The number of hydrogen-bond acceptors (Lipinski definition) is 0. The van der Waals surface area contributed by atoms with Gasteiger partial charge in [-0.05, 0) is 20.7 Å². The van der Waals surface area contributed by atoms with Crippen LogP contribution in [0.25, 0.3) is 0 Å². The smallest absolute Gasteiger partial charge is 0.0696 e. The minimum atomic E-state index is 1.23. The van der Waals surface area contributed by atoms with E-state index in [1.807, 2.05) is 0 Å². The van der Waals surface area contributed by atoms with Gasteiger partial charge in [-0.15, -0.1) is 0 Å². The Kier molecular flexibility index (Phi) is 7.37. The molecule has 1 aliphatic heterocycles. The third kappa shape index (κ3) is 5.78. The van der Waals surface area contributed by atoms with Crippen molar-refractivity contribution in [2.75, 3.05) is 0 Å². The van der Waals surface area contributed by atoms with Gasteiger partial charge in [-0.1, -0.05) is 45.4 Å². The number of rotatable bonds is 8. The molecule has 0 fully saturated rings.